The number of rotatable bonds is 1. The summed E-state index contributed by atoms with van der Waals surface area (Å²) >= 11 is 0. The van der Waals surface area contributed by atoms with Crippen LogP contribution < -0.4 is 0 Å². The van der Waals surface area contributed by atoms with Crippen LogP contribution in [0.5, 0.6) is 0 Å². The van der Waals surface area contributed by atoms with Crippen molar-refractivity contribution in [3.63, 3.8) is 0 Å². The Bertz CT molecular complexity index is 520. The zero-order chi connectivity index (χ0) is 14.1. The molecule has 0 aliphatic heterocycles. The summed E-state index contributed by atoms with van der Waals surface area (Å²) in [6.07, 6.45) is -1.27. The van der Waals surface area contributed by atoms with E-state index in [0.29, 0.717) is 0 Å². The molecule has 1 amide bonds. The highest BCUT2D eigenvalue weighted by Crippen LogP contribution is 2.33. The van der Waals surface area contributed by atoms with Gasteiger partial charge >= 0.3 is 6.18 Å². The maximum absolute atomic E-state index is 12.9. The lowest BCUT2D eigenvalue weighted by Gasteiger charge is -2.13. The molecule has 7 heteroatoms. The van der Waals surface area contributed by atoms with Crippen molar-refractivity contribution in [2.45, 2.75) is 20.0 Å². The van der Waals surface area contributed by atoms with Gasteiger partial charge in [-0.3, -0.25) is 9.78 Å². The minimum absolute atomic E-state index is 0.0570. The molecule has 0 fully saturated rings. The third-order valence-electron chi connectivity index (χ3n) is 2.11. The minimum Gasteiger partial charge on any atom is -0.266 e. The van der Waals surface area contributed by atoms with E-state index in [2.05, 4.69) is 9.35 Å². The van der Waals surface area contributed by atoms with Crippen molar-refractivity contribution < 1.29 is 18.0 Å². The van der Waals surface area contributed by atoms with E-state index in [9.17, 15) is 18.0 Å². The van der Waals surface area contributed by atoms with Crippen molar-refractivity contribution in [1.29, 1.82) is 0 Å². The van der Waals surface area contributed by atoms with E-state index in [1.165, 1.54) is 13.8 Å². The van der Waals surface area contributed by atoms with Crippen LogP contribution in [0.2, 0.25) is 0 Å². The molecule has 0 aliphatic carbocycles. The molecule has 0 aromatic carbocycles. The van der Waals surface area contributed by atoms with Gasteiger partial charge in [0.05, 0.1) is 16.8 Å². The number of nitrogens with zero attached hydrogens (tertiary/aromatic N) is 2. The number of pyridine rings is 1. The third kappa shape index (κ3) is 3.38. The predicted octanol–water partition coefficient (Wildman–Crippen LogP) is 2.92. The van der Waals surface area contributed by atoms with Gasteiger partial charge in [0, 0.05) is 5.69 Å². The molecule has 0 spiro atoms. The van der Waals surface area contributed by atoms with Gasteiger partial charge in [0.2, 0.25) is 0 Å². The van der Waals surface area contributed by atoms with E-state index in [-0.39, 0.29) is 11.4 Å². The lowest BCUT2D eigenvalue weighted by atomic mass is 10.0. The predicted molar refractivity (Wildman–Crippen MR) is 64.7 cm³/mol. The molecular weight excluding hydrogens is 265 g/mol. The van der Waals surface area contributed by atoms with Crippen LogP contribution in [0.4, 0.5) is 13.2 Å². The quantitative estimate of drug-likeness (QED) is 0.792. The molecule has 0 saturated heterocycles. The minimum atomic E-state index is -4.58. The molecule has 0 saturated carbocycles. The van der Waals surface area contributed by atoms with Gasteiger partial charge in [-0.1, -0.05) is 10.7 Å². The van der Waals surface area contributed by atoms with Crippen LogP contribution in [0.25, 0.3) is 0 Å². The van der Waals surface area contributed by atoms with Crippen LogP contribution in [-0.2, 0) is 16.9 Å². The van der Waals surface area contributed by atoms with Gasteiger partial charge in [-0.2, -0.15) is 17.5 Å². The van der Waals surface area contributed by atoms with Crippen molar-refractivity contribution in [2.75, 3.05) is 12.5 Å². The van der Waals surface area contributed by atoms with E-state index in [1.54, 1.807) is 12.5 Å². The fraction of sp³-hybridized carbons (Fsp3) is 0.455. The van der Waals surface area contributed by atoms with E-state index in [1.807, 2.05) is 0 Å². The van der Waals surface area contributed by atoms with E-state index in [0.717, 1.165) is 6.07 Å². The SMILES string of the molecule is Cc1cc(C(F)(F)F)c(C(=O)N=S(C)C)c(C)n1. The van der Waals surface area contributed by atoms with Crippen LogP contribution in [0, 0.1) is 13.8 Å². The van der Waals surface area contributed by atoms with Crippen LogP contribution >= 0.6 is 0 Å². The van der Waals surface area contributed by atoms with Crippen molar-refractivity contribution in [1.82, 2.24) is 4.98 Å². The van der Waals surface area contributed by atoms with E-state index >= 15 is 0 Å². The zero-order valence-corrected chi connectivity index (χ0v) is 11.2. The number of hydrogen-bond donors (Lipinski definition) is 0. The van der Waals surface area contributed by atoms with Gasteiger partial charge in [-0.25, -0.2) is 0 Å². The standard InChI is InChI=1S/C11H13F3N2OS/c1-6-5-8(11(12,13)14)9(7(2)15-6)10(17)16-18(3)4/h5H,1-4H3. The first kappa shape index (κ1) is 14.8. The first-order chi connectivity index (χ1) is 8.12. The molecule has 1 heterocycles. The Balaban J connectivity index is 3.52. The van der Waals surface area contributed by atoms with Gasteiger partial charge < -0.3 is 0 Å². The van der Waals surface area contributed by atoms with Gasteiger partial charge in [-0.05, 0) is 32.4 Å². The first-order valence-electron chi connectivity index (χ1n) is 5.02. The molecule has 0 bridgehead atoms. The Labute approximate surface area is 106 Å². The molecule has 0 N–H and O–H groups in total. The Kier molecular flexibility index (Phi) is 4.26. The summed E-state index contributed by atoms with van der Waals surface area (Å²) < 4.78 is 42.3. The number of hydrogen-bond acceptors (Lipinski definition) is 2. The summed E-state index contributed by atoms with van der Waals surface area (Å²) in [6, 6.07) is 0.874. The lowest BCUT2D eigenvalue weighted by molar-refractivity contribution is -0.138. The van der Waals surface area contributed by atoms with Crippen LogP contribution in [0.15, 0.2) is 10.4 Å². The molecule has 0 aliphatic rings. The summed E-state index contributed by atoms with van der Waals surface area (Å²) in [4.78, 5) is 15.7. The Morgan fingerprint density at radius 1 is 1.33 bits per heavy atom. The fourth-order valence-corrected chi connectivity index (χ4v) is 1.96. The summed E-state index contributed by atoms with van der Waals surface area (Å²) in [5, 5.41) is 0. The maximum Gasteiger partial charge on any atom is 0.417 e. The highest BCUT2D eigenvalue weighted by molar-refractivity contribution is 7.86. The van der Waals surface area contributed by atoms with Gasteiger partial charge in [0.15, 0.2) is 0 Å². The molecule has 1 rings (SSSR count). The largest absolute Gasteiger partial charge is 0.417 e. The van der Waals surface area contributed by atoms with Crippen molar-refractivity contribution in [2.24, 2.45) is 4.36 Å². The Morgan fingerprint density at radius 2 is 1.89 bits per heavy atom. The van der Waals surface area contributed by atoms with Gasteiger partial charge in [0.1, 0.15) is 0 Å². The van der Waals surface area contributed by atoms with Crippen molar-refractivity contribution in [3.8, 4) is 0 Å². The molecule has 18 heavy (non-hydrogen) atoms. The summed E-state index contributed by atoms with van der Waals surface area (Å²) in [6.45, 7) is 2.84. The second kappa shape index (κ2) is 5.17. The molecular formula is C11H13F3N2OS. The molecule has 0 radical (unpaired) electrons. The number of carbonyl (C=O) groups is 1. The lowest BCUT2D eigenvalue weighted by Crippen LogP contribution is -2.16. The summed E-state index contributed by atoms with van der Waals surface area (Å²) in [7, 11) is -0.614. The first-order valence-corrected chi connectivity index (χ1v) is 7.02. The number of amides is 1. The fourth-order valence-electron chi connectivity index (χ4n) is 1.53. The monoisotopic (exact) mass is 278 g/mol. The second-order valence-electron chi connectivity index (χ2n) is 3.94. The zero-order valence-electron chi connectivity index (χ0n) is 10.4. The number of halogens is 3. The number of aromatic nitrogens is 1. The average Bonchev–Trinajstić information content (AvgIpc) is 2.12. The number of aryl methyl sites for hydroxylation is 2. The maximum atomic E-state index is 12.9. The van der Waals surface area contributed by atoms with Crippen LogP contribution in [-0.4, -0.2) is 23.4 Å². The Morgan fingerprint density at radius 3 is 2.33 bits per heavy atom. The van der Waals surface area contributed by atoms with E-state index < -0.39 is 33.9 Å². The molecule has 0 unspecified atom stereocenters. The topological polar surface area (TPSA) is 42.3 Å². The normalized spacial score (nSPS) is 11.8. The van der Waals surface area contributed by atoms with E-state index in [4.69, 9.17) is 0 Å². The highest BCUT2D eigenvalue weighted by Gasteiger charge is 2.36. The highest BCUT2D eigenvalue weighted by atomic mass is 32.2. The van der Waals surface area contributed by atoms with Gasteiger partial charge in [-0.15, -0.1) is 0 Å². The van der Waals surface area contributed by atoms with Crippen LogP contribution in [0.1, 0.15) is 27.3 Å². The molecule has 0 atom stereocenters. The van der Waals surface area contributed by atoms with Gasteiger partial charge in [0.25, 0.3) is 5.91 Å². The second-order valence-corrected chi connectivity index (χ2v) is 5.67. The smallest absolute Gasteiger partial charge is 0.266 e. The average molecular weight is 278 g/mol. The summed E-state index contributed by atoms with van der Waals surface area (Å²) in [5.74, 6) is -0.861. The molecule has 3 nitrogen and oxygen atoms in total. The number of alkyl halides is 3. The molecule has 100 valence electrons. The van der Waals surface area contributed by atoms with Crippen molar-refractivity contribution in [3.05, 3.63) is 28.6 Å². The van der Waals surface area contributed by atoms with Crippen molar-refractivity contribution >= 4 is 16.6 Å². The summed E-state index contributed by atoms with van der Waals surface area (Å²) in [5.41, 5.74) is -1.13. The van der Waals surface area contributed by atoms with Crippen LogP contribution in [0.3, 0.4) is 0 Å². The Hall–Kier alpha value is -1.24. The molecule has 1 aromatic heterocycles. The molecule has 1 aromatic rings. The number of carbonyl (C=O) groups excluding carboxylic acids is 1. The third-order valence-corrected chi connectivity index (χ3v) is 2.64.